The molecule has 1 aromatic heterocycles. The number of hydrogen-bond acceptors (Lipinski definition) is 8. The Hall–Kier alpha value is -2.78. The van der Waals surface area contributed by atoms with Gasteiger partial charge in [-0.2, -0.15) is 0 Å². The molecule has 0 atom stereocenters. The van der Waals surface area contributed by atoms with Crippen LogP contribution in [-0.2, 0) is 14.3 Å². The van der Waals surface area contributed by atoms with Gasteiger partial charge in [-0.3, -0.25) is 9.59 Å². The fourth-order valence-electron chi connectivity index (χ4n) is 2.12. The van der Waals surface area contributed by atoms with Crippen LogP contribution in [0.4, 0.5) is 11.5 Å². The smallest absolute Gasteiger partial charge is 0.326 e. The first-order valence-electron chi connectivity index (χ1n) is 7.91. The number of carbonyl (C=O) groups is 2. The Kier molecular flexibility index (Phi) is 7.65. The van der Waals surface area contributed by atoms with Crippen molar-refractivity contribution in [2.45, 2.75) is 0 Å². The summed E-state index contributed by atoms with van der Waals surface area (Å²) in [4.78, 5) is 25.5. The predicted octanol–water partition coefficient (Wildman–Crippen LogP) is 2.42. The second-order valence-corrected chi connectivity index (χ2v) is 6.26. The molecule has 1 amide bonds. The maximum Gasteiger partial charge on any atom is 0.326 e. The highest BCUT2D eigenvalue weighted by Crippen LogP contribution is 2.35. The summed E-state index contributed by atoms with van der Waals surface area (Å²) in [5, 5.41) is 10.6. The van der Waals surface area contributed by atoms with Gasteiger partial charge in [0.2, 0.25) is 0 Å². The van der Waals surface area contributed by atoms with Crippen molar-refractivity contribution in [2.75, 3.05) is 44.6 Å². The normalized spacial score (nSPS) is 10.2. The number of halogens is 2. The molecular weight excluding hydrogens is 411 g/mol. The van der Waals surface area contributed by atoms with Gasteiger partial charge in [0.25, 0.3) is 5.91 Å². The van der Waals surface area contributed by atoms with Crippen molar-refractivity contribution in [3.05, 3.63) is 34.4 Å². The van der Waals surface area contributed by atoms with Crippen LogP contribution in [0.15, 0.2) is 24.3 Å². The Balaban J connectivity index is 1.89. The monoisotopic (exact) mass is 428 g/mol. The van der Waals surface area contributed by atoms with Crippen molar-refractivity contribution in [2.24, 2.45) is 0 Å². The van der Waals surface area contributed by atoms with Gasteiger partial charge in [-0.05, 0) is 18.2 Å². The minimum atomic E-state index is -0.617. The molecule has 0 saturated heterocycles. The largest absolute Gasteiger partial charge is 0.495 e. The van der Waals surface area contributed by atoms with Gasteiger partial charge in [-0.1, -0.05) is 23.2 Å². The molecule has 0 aliphatic carbocycles. The molecule has 0 bridgehead atoms. The number of hydrogen-bond donors (Lipinski definition) is 1. The highest BCUT2D eigenvalue weighted by atomic mass is 35.5. The summed E-state index contributed by atoms with van der Waals surface area (Å²) in [5.41, 5.74) is 0.322. The lowest BCUT2D eigenvalue weighted by molar-refractivity contribution is -0.145. The first-order valence-corrected chi connectivity index (χ1v) is 8.67. The SMILES string of the molecule is COc1cc(OC)c(NC(=O)COC(=O)CN(C)c2ccc(Cl)nn2)cc1Cl. The van der Waals surface area contributed by atoms with E-state index < -0.39 is 18.5 Å². The summed E-state index contributed by atoms with van der Waals surface area (Å²) in [5.74, 6) is 0.0117. The van der Waals surface area contributed by atoms with E-state index in [1.54, 1.807) is 19.2 Å². The third kappa shape index (κ3) is 5.86. The summed E-state index contributed by atoms with van der Waals surface area (Å²) in [6.07, 6.45) is 0. The molecule has 1 heterocycles. The number of amides is 1. The van der Waals surface area contributed by atoms with Gasteiger partial charge in [0.05, 0.1) is 24.9 Å². The second-order valence-electron chi connectivity index (χ2n) is 5.47. The zero-order valence-electron chi connectivity index (χ0n) is 15.4. The third-order valence-electron chi connectivity index (χ3n) is 3.49. The maximum absolute atomic E-state index is 12.1. The predicted molar refractivity (Wildman–Crippen MR) is 104 cm³/mol. The molecule has 11 heteroatoms. The van der Waals surface area contributed by atoms with Gasteiger partial charge in [0.1, 0.15) is 18.0 Å². The van der Waals surface area contributed by atoms with Crippen molar-refractivity contribution in [3.8, 4) is 11.5 Å². The van der Waals surface area contributed by atoms with E-state index in [9.17, 15) is 9.59 Å². The first-order chi connectivity index (χ1) is 13.3. The van der Waals surface area contributed by atoms with E-state index >= 15 is 0 Å². The van der Waals surface area contributed by atoms with E-state index in [-0.39, 0.29) is 11.7 Å². The van der Waals surface area contributed by atoms with Crippen molar-refractivity contribution >= 4 is 46.6 Å². The van der Waals surface area contributed by atoms with Gasteiger partial charge in [0.15, 0.2) is 17.6 Å². The fraction of sp³-hybridized carbons (Fsp3) is 0.294. The van der Waals surface area contributed by atoms with Crippen LogP contribution < -0.4 is 19.7 Å². The summed E-state index contributed by atoms with van der Waals surface area (Å²) >= 11 is 11.7. The molecule has 2 aromatic rings. The van der Waals surface area contributed by atoms with Gasteiger partial charge in [-0.25, -0.2) is 0 Å². The number of methoxy groups -OCH3 is 2. The minimum absolute atomic E-state index is 0.124. The lowest BCUT2D eigenvalue weighted by atomic mass is 10.2. The summed E-state index contributed by atoms with van der Waals surface area (Å²) < 4.78 is 15.3. The van der Waals surface area contributed by atoms with Crippen molar-refractivity contribution in [1.29, 1.82) is 0 Å². The van der Waals surface area contributed by atoms with Crippen LogP contribution in [0.2, 0.25) is 10.2 Å². The lowest BCUT2D eigenvalue weighted by Crippen LogP contribution is -2.30. The number of rotatable bonds is 8. The molecule has 0 spiro atoms. The molecular formula is C17H18Cl2N4O5. The molecule has 0 radical (unpaired) electrons. The molecule has 0 saturated carbocycles. The molecule has 28 heavy (non-hydrogen) atoms. The van der Waals surface area contributed by atoms with E-state index in [0.717, 1.165) is 0 Å². The number of aromatic nitrogens is 2. The van der Waals surface area contributed by atoms with E-state index in [4.69, 9.17) is 37.4 Å². The third-order valence-corrected chi connectivity index (χ3v) is 3.98. The number of anilines is 2. The highest BCUT2D eigenvalue weighted by molar-refractivity contribution is 6.32. The van der Waals surface area contributed by atoms with Crippen LogP contribution in [0.5, 0.6) is 11.5 Å². The van der Waals surface area contributed by atoms with Crippen LogP contribution in [0, 0.1) is 0 Å². The Labute approximate surface area is 171 Å². The summed E-state index contributed by atoms with van der Waals surface area (Å²) in [7, 11) is 4.53. The zero-order valence-corrected chi connectivity index (χ0v) is 16.9. The zero-order chi connectivity index (χ0) is 20.7. The Morgan fingerprint density at radius 2 is 1.82 bits per heavy atom. The molecule has 1 aromatic carbocycles. The standard InChI is InChI=1S/C17H18Cl2N4O5/c1-23(15-5-4-14(19)21-22-15)8-17(25)28-9-16(24)20-11-6-10(18)12(26-2)7-13(11)27-3/h4-7H,8-9H2,1-3H3,(H,20,24). The average Bonchev–Trinajstić information content (AvgIpc) is 2.67. The number of nitrogens with zero attached hydrogens (tertiary/aromatic N) is 3. The maximum atomic E-state index is 12.1. The van der Waals surface area contributed by atoms with Crippen LogP contribution in [0.25, 0.3) is 0 Å². The van der Waals surface area contributed by atoms with Crippen LogP contribution in [0.3, 0.4) is 0 Å². The first kappa shape index (κ1) is 21.5. The fourth-order valence-corrected chi connectivity index (χ4v) is 2.46. The molecule has 0 aliphatic heterocycles. The lowest BCUT2D eigenvalue weighted by Gasteiger charge is -2.16. The molecule has 0 aliphatic rings. The van der Waals surface area contributed by atoms with Crippen molar-refractivity contribution < 1.29 is 23.8 Å². The molecule has 1 N–H and O–H groups in total. The van der Waals surface area contributed by atoms with E-state index in [1.807, 2.05) is 0 Å². The van der Waals surface area contributed by atoms with Crippen LogP contribution in [-0.4, -0.2) is 56.5 Å². The van der Waals surface area contributed by atoms with Gasteiger partial charge in [0, 0.05) is 13.1 Å². The van der Waals surface area contributed by atoms with E-state index in [2.05, 4.69) is 15.5 Å². The topological polar surface area (TPSA) is 103 Å². The van der Waals surface area contributed by atoms with Gasteiger partial charge < -0.3 is 24.4 Å². The van der Waals surface area contributed by atoms with Gasteiger partial charge >= 0.3 is 5.97 Å². The van der Waals surface area contributed by atoms with Crippen molar-refractivity contribution in [3.63, 3.8) is 0 Å². The average molecular weight is 429 g/mol. The second kappa shape index (κ2) is 9.95. The number of carbonyl (C=O) groups excluding carboxylic acids is 2. The molecule has 0 unspecified atom stereocenters. The molecule has 150 valence electrons. The number of ether oxygens (including phenoxy) is 3. The van der Waals surface area contributed by atoms with E-state index in [1.165, 1.54) is 31.3 Å². The Bertz CT molecular complexity index is 848. The number of likely N-dealkylation sites (N-methyl/N-ethyl adjacent to an activating group) is 1. The highest BCUT2D eigenvalue weighted by Gasteiger charge is 2.15. The molecule has 9 nitrogen and oxygen atoms in total. The number of esters is 1. The number of nitrogens with one attached hydrogen (secondary N) is 1. The molecule has 0 fully saturated rings. The Morgan fingerprint density at radius 3 is 2.43 bits per heavy atom. The van der Waals surface area contributed by atoms with Crippen molar-refractivity contribution in [1.82, 2.24) is 10.2 Å². The van der Waals surface area contributed by atoms with Gasteiger partial charge in [-0.15, -0.1) is 10.2 Å². The molecule has 2 rings (SSSR count). The Morgan fingerprint density at radius 1 is 1.11 bits per heavy atom. The summed E-state index contributed by atoms with van der Waals surface area (Å²) in [6.45, 7) is -0.604. The minimum Gasteiger partial charge on any atom is -0.495 e. The number of benzene rings is 1. The van der Waals surface area contributed by atoms with E-state index in [0.29, 0.717) is 28.0 Å². The van der Waals surface area contributed by atoms with Crippen LogP contribution in [0.1, 0.15) is 0 Å². The van der Waals surface area contributed by atoms with Crippen LogP contribution >= 0.6 is 23.2 Å². The quantitative estimate of drug-likeness (QED) is 0.639. The summed E-state index contributed by atoms with van der Waals surface area (Å²) in [6, 6.07) is 6.17.